The number of hydrogen-bond acceptors (Lipinski definition) is 5. The van der Waals surface area contributed by atoms with E-state index in [9.17, 15) is 0 Å². The zero-order valence-corrected chi connectivity index (χ0v) is 13.6. The summed E-state index contributed by atoms with van der Waals surface area (Å²) < 4.78 is 16.7. The molecular weight excluding hydrogens is 280 g/mol. The van der Waals surface area contributed by atoms with Crippen LogP contribution in [0.25, 0.3) is 0 Å². The molecule has 0 aliphatic carbocycles. The first-order valence-corrected chi connectivity index (χ1v) is 8.08. The van der Waals surface area contributed by atoms with E-state index >= 15 is 0 Å². The first kappa shape index (κ1) is 15.6. The van der Waals surface area contributed by atoms with Gasteiger partial charge in [-0.1, -0.05) is 0 Å². The standard InChI is InChI=1S/C17H26N2O3/c1-20-8-7-19-11-15(12-21-2)22-17-10-14-4-6-18-5-3-13(14)9-16(17)19/h9-10,15,18H,3-8,11-12H2,1-2H3/t15-/m0/s1. The fourth-order valence-corrected chi connectivity index (χ4v) is 3.28. The smallest absolute Gasteiger partial charge is 0.143 e. The Labute approximate surface area is 132 Å². The van der Waals surface area contributed by atoms with E-state index in [-0.39, 0.29) is 6.10 Å². The molecule has 0 aromatic heterocycles. The molecular formula is C17H26N2O3. The average molecular weight is 306 g/mol. The van der Waals surface area contributed by atoms with E-state index in [4.69, 9.17) is 14.2 Å². The third kappa shape index (κ3) is 3.37. The Morgan fingerprint density at radius 1 is 1.18 bits per heavy atom. The summed E-state index contributed by atoms with van der Waals surface area (Å²) in [6.07, 6.45) is 2.23. The molecule has 2 heterocycles. The Bertz CT molecular complexity index is 507. The van der Waals surface area contributed by atoms with Crippen LogP contribution in [0.2, 0.25) is 0 Å². The van der Waals surface area contributed by atoms with Crippen molar-refractivity contribution in [2.45, 2.75) is 18.9 Å². The van der Waals surface area contributed by atoms with Crippen LogP contribution in [0.3, 0.4) is 0 Å². The lowest BCUT2D eigenvalue weighted by Crippen LogP contribution is -2.43. The van der Waals surface area contributed by atoms with Gasteiger partial charge in [0.05, 0.1) is 25.4 Å². The van der Waals surface area contributed by atoms with E-state index < -0.39 is 0 Å². The second kappa shape index (κ2) is 7.31. The molecule has 0 amide bonds. The van der Waals surface area contributed by atoms with Gasteiger partial charge in [0.15, 0.2) is 0 Å². The number of fused-ring (bicyclic) bond motifs is 2. The molecule has 1 aromatic carbocycles. The van der Waals surface area contributed by atoms with Crippen molar-refractivity contribution in [3.05, 3.63) is 23.3 Å². The zero-order chi connectivity index (χ0) is 15.4. The number of ether oxygens (including phenoxy) is 3. The minimum atomic E-state index is 0.0799. The van der Waals surface area contributed by atoms with Crippen molar-refractivity contribution in [3.8, 4) is 5.75 Å². The Hall–Kier alpha value is -1.30. The first-order chi connectivity index (χ1) is 10.8. The highest BCUT2D eigenvalue weighted by molar-refractivity contribution is 5.64. The van der Waals surface area contributed by atoms with Crippen LogP contribution < -0.4 is 15.0 Å². The molecule has 122 valence electrons. The molecule has 0 spiro atoms. The number of benzene rings is 1. The molecule has 2 aliphatic rings. The predicted octanol–water partition coefficient (Wildman–Crippen LogP) is 1.24. The van der Waals surface area contributed by atoms with Crippen LogP contribution in [-0.2, 0) is 22.3 Å². The molecule has 0 saturated carbocycles. The maximum absolute atomic E-state index is 6.16. The van der Waals surface area contributed by atoms with E-state index in [2.05, 4.69) is 22.3 Å². The Morgan fingerprint density at radius 2 is 1.95 bits per heavy atom. The molecule has 3 rings (SSSR count). The summed E-state index contributed by atoms with van der Waals surface area (Å²) in [5, 5.41) is 3.46. The van der Waals surface area contributed by atoms with Gasteiger partial charge in [-0.3, -0.25) is 0 Å². The van der Waals surface area contributed by atoms with Gasteiger partial charge in [-0.15, -0.1) is 0 Å². The van der Waals surface area contributed by atoms with Gasteiger partial charge < -0.3 is 24.4 Å². The van der Waals surface area contributed by atoms with Crippen LogP contribution >= 0.6 is 0 Å². The Balaban J connectivity index is 1.90. The van der Waals surface area contributed by atoms with Crippen molar-refractivity contribution in [2.75, 3.05) is 58.5 Å². The molecule has 1 atom stereocenters. The molecule has 0 unspecified atom stereocenters. The van der Waals surface area contributed by atoms with E-state index in [1.54, 1.807) is 14.2 Å². The number of nitrogens with one attached hydrogen (secondary N) is 1. The second-order valence-electron chi connectivity index (χ2n) is 5.97. The van der Waals surface area contributed by atoms with Crippen molar-refractivity contribution in [1.82, 2.24) is 5.32 Å². The zero-order valence-electron chi connectivity index (χ0n) is 13.6. The summed E-state index contributed by atoms with van der Waals surface area (Å²) in [6.45, 7) is 5.16. The van der Waals surface area contributed by atoms with Crippen LogP contribution in [0.5, 0.6) is 5.75 Å². The first-order valence-electron chi connectivity index (χ1n) is 8.08. The van der Waals surface area contributed by atoms with Crippen molar-refractivity contribution in [1.29, 1.82) is 0 Å². The average Bonchev–Trinajstić information content (AvgIpc) is 2.75. The van der Waals surface area contributed by atoms with Crippen LogP contribution in [0.4, 0.5) is 5.69 Å². The van der Waals surface area contributed by atoms with E-state index in [1.807, 2.05) is 0 Å². The van der Waals surface area contributed by atoms with Crippen molar-refractivity contribution in [2.24, 2.45) is 0 Å². The van der Waals surface area contributed by atoms with Crippen LogP contribution in [0, 0.1) is 0 Å². The molecule has 1 aromatic rings. The van der Waals surface area contributed by atoms with Gasteiger partial charge in [0.1, 0.15) is 11.9 Å². The normalized spacial score (nSPS) is 20.8. The molecule has 0 saturated heterocycles. The van der Waals surface area contributed by atoms with Crippen molar-refractivity contribution < 1.29 is 14.2 Å². The van der Waals surface area contributed by atoms with Gasteiger partial charge in [0.2, 0.25) is 0 Å². The highest BCUT2D eigenvalue weighted by Crippen LogP contribution is 2.36. The topological polar surface area (TPSA) is 43.0 Å². The fourth-order valence-electron chi connectivity index (χ4n) is 3.28. The molecule has 2 aliphatic heterocycles. The maximum atomic E-state index is 6.16. The monoisotopic (exact) mass is 306 g/mol. The number of rotatable bonds is 5. The Morgan fingerprint density at radius 3 is 2.68 bits per heavy atom. The van der Waals surface area contributed by atoms with E-state index in [1.165, 1.54) is 16.8 Å². The summed E-state index contributed by atoms with van der Waals surface area (Å²) in [6, 6.07) is 4.55. The van der Waals surface area contributed by atoms with Crippen LogP contribution in [-0.4, -0.2) is 59.7 Å². The Kier molecular flexibility index (Phi) is 5.18. The number of anilines is 1. The minimum absolute atomic E-state index is 0.0799. The minimum Gasteiger partial charge on any atom is -0.484 e. The van der Waals surface area contributed by atoms with Crippen LogP contribution in [0.1, 0.15) is 11.1 Å². The SMILES string of the molecule is COCCN1C[C@@H](COC)Oc2cc3c(cc21)CCNCC3. The molecule has 22 heavy (non-hydrogen) atoms. The predicted molar refractivity (Wildman–Crippen MR) is 87.1 cm³/mol. The maximum Gasteiger partial charge on any atom is 0.143 e. The lowest BCUT2D eigenvalue weighted by molar-refractivity contribution is 0.0776. The summed E-state index contributed by atoms with van der Waals surface area (Å²) in [5.41, 5.74) is 4.05. The molecule has 0 bridgehead atoms. The number of methoxy groups -OCH3 is 2. The molecule has 5 nitrogen and oxygen atoms in total. The fraction of sp³-hybridized carbons (Fsp3) is 0.647. The van der Waals surface area contributed by atoms with Crippen molar-refractivity contribution in [3.63, 3.8) is 0 Å². The summed E-state index contributed by atoms with van der Waals surface area (Å²) in [7, 11) is 3.47. The molecule has 5 heteroatoms. The molecule has 0 fully saturated rings. The third-order valence-electron chi connectivity index (χ3n) is 4.40. The molecule has 1 N–H and O–H groups in total. The lowest BCUT2D eigenvalue weighted by Gasteiger charge is -2.36. The highest BCUT2D eigenvalue weighted by atomic mass is 16.5. The summed E-state index contributed by atoms with van der Waals surface area (Å²) in [5.74, 6) is 0.991. The van der Waals surface area contributed by atoms with Gasteiger partial charge in [-0.05, 0) is 49.2 Å². The van der Waals surface area contributed by atoms with Gasteiger partial charge in [0.25, 0.3) is 0 Å². The largest absolute Gasteiger partial charge is 0.484 e. The highest BCUT2D eigenvalue weighted by Gasteiger charge is 2.27. The number of nitrogens with zero attached hydrogens (tertiary/aromatic N) is 1. The van der Waals surface area contributed by atoms with Gasteiger partial charge in [-0.2, -0.15) is 0 Å². The van der Waals surface area contributed by atoms with Gasteiger partial charge in [0, 0.05) is 20.8 Å². The second-order valence-corrected chi connectivity index (χ2v) is 5.97. The third-order valence-corrected chi connectivity index (χ3v) is 4.40. The van der Waals surface area contributed by atoms with Gasteiger partial charge >= 0.3 is 0 Å². The van der Waals surface area contributed by atoms with E-state index in [0.29, 0.717) is 6.61 Å². The number of hydrogen-bond donors (Lipinski definition) is 1. The molecule has 0 radical (unpaired) electrons. The summed E-state index contributed by atoms with van der Waals surface area (Å²) in [4.78, 5) is 2.37. The summed E-state index contributed by atoms with van der Waals surface area (Å²) >= 11 is 0. The van der Waals surface area contributed by atoms with Gasteiger partial charge in [-0.25, -0.2) is 0 Å². The van der Waals surface area contributed by atoms with Crippen LogP contribution in [0.15, 0.2) is 12.1 Å². The lowest BCUT2D eigenvalue weighted by atomic mass is 10.00. The van der Waals surface area contributed by atoms with Crippen molar-refractivity contribution >= 4 is 5.69 Å². The van der Waals surface area contributed by atoms with E-state index in [0.717, 1.165) is 51.4 Å². The quantitative estimate of drug-likeness (QED) is 0.886.